The molecule has 4 heteroatoms. The van der Waals surface area contributed by atoms with E-state index in [0.717, 1.165) is 18.4 Å². The Morgan fingerprint density at radius 1 is 1.33 bits per heavy atom. The Balaban J connectivity index is 3.15. The summed E-state index contributed by atoms with van der Waals surface area (Å²) in [7, 11) is 0. The van der Waals surface area contributed by atoms with E-state index in [9.17, 15) is 10.1 Å². The number of unbranched alkanes of at least 4 members (excludes halogenated alkanes) is 1. The highest BCUT2D eigenvalue weighted by Crippen LogP contribution is 2.38. The first-order valence-corrected chi connectivity index (χ1v) is 6.42. The maximum Gasteiger partial charge on any atom is 0.295 e. The van der Waals surface area contributed by atoms with E-state index in [1.165, 1.54) is 0 Å². The Kier molecular flexibility index (Phi) is 5.13. The molecule has 0 N–H and O–H groups in total. The zero-order valence-corrected chi connectivity index (χ0v) is 11.3. The van der Waals surface area contributed by atoms with Gasteiger partial charge in [-0.25, -0.2) is 0 Å². The molecule has 1 aromatic rings. The van der Waals surface area contributed by atoms with Crippen molar-refractivity contribution in [1.29, 1.82) is 0 Å². The third-order valence-electron chi connectivity index (χ3n) is 3.33. The van der Waals surface area contributed by atoms with Crippen molar-refractivity contribution in [2.45, 2.75) is 45.6 Å². The maximum atomic E-state index is 10.8. The summed E-state index contributed by atoms with van der Waals surface area (Å²) in [4.78, 5) is 15.9. The van der Waals surface area contributed by atoms with Crippen molar-refractivity contribution < 1.29 is 9.92 Å². The molecule has 0 aromatic heterocycles. The molecule has 0 aliphatic rings. The first-order valence-electron chi connectivity index (χ1n) is 6.42. The van der Waals surface area contributed by atoms with Crippen LogP contribution >= 0.6 is 0 Å². The van der Waals surface area contributed by atoms with Crippen LogP contribution in [0.2, 0.25) is 0 Å². The molecular weight excluding hydrogens is 230 g/mol. The summed E-state index contributed by atoms with van der Waals surface area (Å²) in [5.74, 6) is 0.0387. The zero-order valence-electron chi connectivity index (χ0n) is 11.3. The first kappa shape index (κ1) is 14.5. The van der Waals surface area contributed by atoms with Crippen LogP contribution in [0, 0.1) is 16.0 Å². The first-order chi connectivity index (χ1) is 8.53. The van der Waals surface area contributed by atoms with Crippen LogP contribution in [0.4, 0.5) is 0 Å². The number of hydrogen-bond donors (Lipinski definition) is 0. The van der Waals surface area contributed by atoms with Crippen molar-refractivity contribution in [2.24, 2.45) is 5.92 Å². The molecule has 0 radical (unpaired) electrons. The molecule has 0 aliphatic heterocycles. The second-order valence-electron chi connectivity index (χ2n) is 4.83. The molecule has 0 bridgehead atoms. The Morgan fingerprint density at radius 3 is 2.39 bits per heavy atom. The predicted octanol–water partition coefficient (Wildman–Crippen LogP) is 3.94. The molecule has 0 saturated carbocycles. The minimum atomic E-state index is -0.833. The monoisotopic (exact) mass is 251 g/mol. The van der Waals surface area contributed by atoms with Gasteiger partial charge in [0, 0.05) is 0 Å². The Bertz CT molecular complexity index is 378. The lowest BCUT2D eigenvalue weighted by molar-refractivity contribution is -0.787. The second kappa shape index (κ2) is 6.38. The molecule has 100 valence electrons. The molecule has 1 atom stereocenters. The van der Waals surface area contributed by atoms with E-state index < -0.39 is 10.7 Å². The number of rotatable bonds is 7. The van der Waals surface area contributed by atoms with Crippen LogP contribution in [-0.2, 0) is 10.4 Å². The molecule has 1 unspecified atom stereocenters. The molecular formula is C14H21NO3. The lowest BCUT2D eigenvalue weighted by Crippen LogP contribution is -2.37. The minimum Gasteiger partial charge on any atom is -0.302 e. The molecule has 1 aromatic carbocycles. The summed E-state index contributed by atoms with van der Waals surface area (Å²) in [6, 6.07) is 9.49. The summed E-state index contributed by atoms with van der Waals surface area (Å²) in [6.07, 6.45) is 2.55. The van der Waals surface area contributed by atoms with Crippen LogP contribution in [0.1, 0.15) is 45.6 Å². The van der Waals surface area contributed by atoms with Crippen molar-refractivity contribution >= 4 is 0 Å². The molecule has 0 fully saturated rings. The number of hydrogen-bond acceptors (Lipinski definition) is 3. The minimum absolute atomic E-state index is 0.0387. The van der Waals surface area contributed by atoms with Gasteiger partial charge in [0.25, 0.3) is 5.09 Å². The third-order valence-corrected chi connectivity index (χ3v) is 3.33. The van der Waals surface area contributed by atoms with Gasteiger partial charge in [0.15, 0.2) is 0 Å². The van der Waals surface area contributed by atoms with Gasteiger partial charge in [-0.3, -0.25) is 0 Å². The van der Waals surface area contributed by atoms with Gasteiger partial charge in [0.1, 0.15) is 5.60 Å². The lowest BCUT2D eigenvalue weighted by atomic mass is 9.79. The maximum absolute atomic E-state index is 10.8. The van der Waals surface area contributed by atoms with E-state index in [4.69, 9.17) is 4.84 Å². The smallest absolute Gasteiger partial charge is 0.295 e. The Morgan fingerprint density at radius 2 is 1.94 bits per heavy atom. The van der Waals surface area contributed by atoms with Crippen LogP contribution in [0.15, 0.2) is 30.3 Å². The van der Waals surface area contributed by atoms with Crippen LogP contribution in [0.25, 0.3) is 0 Å². The Labute approximate surface area is 108 Å². The molecule has 0 saturated heterocycles. The van der Waals surface area contributed by atoms with Gasteiger partial charge in [-0.05, 0) is 17.9 Å². The van der Waals surface area contributed by atoms with E-state index in [1.807, 2.05) is 44.2 Å². The predicted molar refractivity (Wildman–Crippen MR) is 70.6 cm³/mol. The molecule has 0 aliphatic carbocycles. The average Bonchev–Trinajstić information content (AvgIpc) is 2.34. The summed E-state index contributed by atoms with van der Waals surface area (Å²) >= 11 is 0. The highest BCUT2D eigenvalue weighted by molar-refractivity contribution is 5.23. The fraction of sp³-hybridized carbons (Fsp3) is 0.571. The van der Waals surface area contributed by atoms with Crippen LogP contribution < -0.4 is 0 Å². The van der Waals surface area contributed by atoms with E-state index in [2.05, 4.69) is 6.92 Å². The number of nitrogens with zero attached hydrogens (tertiary/aromatic N) is 1. The fourth-order valence-electron chi connectivity index (χ4n) is 2.26. The quantitative estimate of drug-likeness (QED) is 0.545. The summed E-state index contributed by atoms with van der Waals surface area (Å²) < 4.78 is 0. The standard InChI is InChI=1S/C14H21NO3/c1-4-5-11-14(12(2)3,18-15(16)17)13-9-7-6-8-10-13/h6-10,12H,4-5,11H2,1-3H3. The van der Waals surface area contributed by atoms with Crippen molar-refractivity contribution in [1.82, 2.24) is 0 Å². The van der Waals surface area contributed by atoms with Crippen LogP contribution in [0.3, 0.4) is 0 Å². The van der Waals surface area contributed by atoms with Gasteiger partial charge in [-0.15, -0.1) is 10.1 Å². The zero-order chi connectivity index (χ0) is 13.6. The van der Waals surface area contributed by atoms with Crippen LogP contribution in [-0.4, -0.2) is 5.09 Å². The Hall–Kier alpha value is -1.58. The van der Waals surface area contributed by atoms with Crippen molar-refractivity contribution in [3.05, 3.63) is 46.0 Å². The van der Waals surface area contributed by atoms with Gasteiger partial charge in [0.2, 0.25) is 0 Å². The highest BCUT2D eigenvalue weighted by atomic mass is 17.0. The third kappa shape index (κ3) is 3.22. The largest absolute Gasteiger partial charge is 0.302 e. The van der Waals surface area contributed by atoms with E-state index in [0.29, 0.717) is 6.42 Å². The van der Waals surface area contributed by atoms with Gasteiger partial charge in [-0.2, -0.15) is 0 Å². The normalized spacial score (nSPS) is 14.2. The molecule has 0 amide bonds. The summed E-state index contributed by atoms with van der Waals surface area (Å²) in [6.45, 7) is 6.00. The van der Waals surface area contributed by atoms with Gasteiger partial charge in [0.05, 0.1) is 0 Å². The van der Waals surface area contributed by atoms with Gasteiger partial charge in [-0.1, -0.05) is 63.9 Å². The molecule has 0 spiro atoms. The summed E-state index contributed by atoms with van der Waals surface area (Å²) in [5, 5.41) is 10.2. The highest BCUT2D eigenvalue weighted by Gasteiger charge is 2.39. The van der Waals surface area contributed by atoms with Crippen LogP contribution in [0.5, 0.6) is 0 Å². The topological polar surface area (TPSA) is 52.4 Å². The number of benzene rings is 1. The average molecular weight is 251 g/mol. The second-order valence-corrected chi connectivity index (χ2v) is 4.83. The van der Waals surface area contributed by atoms with Crippen molar-refractivity contribution in [2.75, 3.05) is 0 Å². The van der Waals surface area contributed by atoms with E-state index in [1.54, 1.807) is 0 Å². The fourth-order valence-corrected chi connectivity index (χ4v) is 2.26. The lowest BCUT2D eigenvalue weighted by Gasteiger charge is -2.35. The van der Waals surface area contributed by atoms with Crippen molar-refractivity contribution in [3.8, 4) is 0 Å². The van der Waals surface area contributed by atoms with E-state index >= 15 is 0 Å². The van der Waals surface area contributed by atoms with Crippen molar-refractivity contribution in [3.63, 3.8) is 0 Å². The molecule has 0 heterocycles. The van der Waals surface area contributed by atoms with Gasteiger partial charge < -0.3 is 4.84 Å². The van der Waals surface area contributed by atoms with Gasteiger partial charge >= 0.3 is 0 Å². The molecule has 4 nitrogen and oxygen atoms in total. The van der Waals surface area contributed by atoms with E-state index in [-0.39, 0.29) is 5.92 Å². The summed E-state index contributed by atoms with van der Waals surface area (Å²) in [5.41, 5.74) is 0.0472. The molecule has 18 heavy (non-hydrogen) atoms. The SMILES string of the molecule is CCCCC(O[N+](=O)[O-])(c1ccccc1)C(C)C. The molecule has 1 rings (SSSR count).